The minimum atomic E-state index is -0.146. The van der Waals surface area contributed by atoms with E-state index in [0.29, 0.717) is 22.4 Å². The Hall–Kier alpha value is -3.86. The highest BCUT2D eigenvalue weighted by Crippen LogP contribution is 2.30. The number of para-hydroxylation sites is 1. The van der Waals surface area contributed by atoms with Crippen LogP contribution in [0.15, 0.2) is 77.6 Å². The van der Waals surface area contributed by atoms with Crippen LogP contribution in [0.3, 0.4) is 0 Å². The first-order valence-corrected chi connectivity index (χ1v) is 10.5. The van der Waals surface area contributed by atoms with Gasteiger partial charge in [0.15, 0.2) is 11.5 Å². The third-order valence-electron chi connectivity index (χ3n) is 5.43. The molecule has 0 saturated carbocycles. The average Bonchev–Trinajstić information content (AvgIpc) is 2.81. The average molecular weight is 428 g/mol. The van der Waals surface area contributed by atoms with Gasteiger partial charge in [-0.3, -0.25) is 9.59 Å². The standard InChI is InChI=1S/C27H25NO4/c1-18-11-13-20(14-12-18)25-27(26(30)23-9-4-5-10-24(23)28(25)3)32-16-15-31-22-8-6-7-21(17-22)19(2)29/h4-14,17H,15-16H2,1-3H3. The molecule has 0 radical (unpaired) electrons. The Morgan fingerprint density at radius 1 is 0.906 bits per heavy atom. The predicted octanol–water partition coefficient (Wildman–Crippen LogP) is 5.17. The van der Waals surface area contributed by atoms with Gasteiger partial charge in [0, 0.05) is 23.6 Å². The first-order chi connectivity index (χ1) is 15.5. The summed E-state index contributed by atoms with van der Waals surface area (Å²) >= 11 is 0. The number of carbonyl (C=O) groups excluding carboxylic acids is 1. The highest BCUT2D eigenvalue weighted by molar-refractivity contribution is 5.94. The minimum Gasteiger partial charge on any atom is -0.490 e. The first-order valence-electron chi connectivity index (χ1n) is 10.5. The van der Waals surface area contributed by atoms with E-state index < -0.39 is 0 Å². The Balaban J connectivity index is 1.64. The molecule has 5 nitrogen and oxygen atoms in total. The molecule has 0 atom stereocenters. The fourth-order valence-electron chi connectivity index (χ4n) is 3.74. The highest BCUT2D eigenvalue weighted by atomic mass is 16.5. The van der Waals surface area contributed by atoms with Gasteiger partial charge in [0.1, 0.15) is 19.0 Å². The molecule has 1 aromatic heterocycles. The van der Waals surface area contributed by atoms with E-state index in [0.717, 1.165) is 22.3 Å². The van der Waals surface area contributed by atoms with Gasteiger partial charge in [0.25, 0.3) is 0 Å². The zero-order chi connectivity index (χ0) is 22.7. The number of hydrogen-bond acceptors (Lipinski definition) is 4. The molecule has 0 unspecified atom stereocenters. The van der Waals surface area contributed by atoms with Crippen LogP contribution in [0.2, 0.25) is 0 Å². The molecule has 162 valence electrons. The van der Waals surface area contributed by atoms with Gasteiger partial charge < -0.3 is 14.0 Å². The molecule has 0 N–H and O–H groups in total. The maximum Gasteiger partial charge on any atom is 0.231 e. The second-order valence-corrected chi connectivity index (χ2v) is 7.73. The van der Waals surface area contributed by atoms with E-state index in [9.17, 15) is 9.59 Å². The van der Waals surface area contributed by atoms with Crippen molar-refractivity contribution in [1.82, 2.24) is 4.57 Å². The Morgan fingerprint density at radius 2 is 1.62 bits per heavy atom. The quantitative estimate of drug-likeness (QED) is 0.301. The van der Waals surface area contributed by atoms with Gasteiger partial charge in [0.2, 0.25) is 5.43 Å². The monoisotopic (exact) mass is 427 g/mol. The molecule has 0 fully saturated rings. The smallest absolute Gasteiger partial charge is 0.231 e. The van der Waals surface area contributed by atoms with Crippen molar-refractivity contribution in [2.45, 2.75) is 13.8 Å². The number of rotatable bonds is 7. The van der Waals surface area contributed by atoms with Crippen molar-refractivity contribution in [2.75, 3.05) is 13.2 Å². The minimum absolute atomic E-state index is 0.0194. The maximum atomic E-state index is 13.3. The van der Waals surface area contributed by atoms with Crippen LogP contribution in [0.5, 0.6) is 11.5 Å². The van der Waals surface area contributed by atoms with Gasteiger partial charge in [-0.25, -0.2) is 0 Å². The van der Waals surface area contributed by atoms with E-state index in [4.69, 9.17) is 9.47 Å². The van der Waals surface area contributed by atoms with Crippen LogP contribution in [-0.4, -0.2) is 23.6 Å². The zero-order valence-corrected chi connectivity index (χ0v) is 18.4. The molecule has 0 saturated heterocycles. The Labute approximate surface area is 186 Å². The van der Waals surface area contributed by atoms with E-state index >= 15 is 0 Å². The number of pyridine rings is 1. The van der Waals surface area contributed by atoms with Crippen LogP contribution in [0.4, 0.5) is 0 Å². The molecule has 0 aliphatic carbocycles. The topological polar surface area (TPSA) is 57.5 Å². The van der Waals surface area contributed by atoms with Crippen molar-refractivity contribution in [3.63, 3.8) is 0 Å². The number of ketones is 1. The van der Waals surface area contributed by atoms with Crippen LogP contribution in [-0.2, 0) is 7.05 Å². The van der Waals surface area contributed by atoms with E-state index in [2.05, 4.69) is 0 Å². The van der Waals surface area contributed by atoms with Gasteiger partial charge in [0.05, 0.1) is 11.2 Å². The van der Waals surface area contributed by atoms with Gasteiger partial charge in [-0.05, 0) is 38.1 Å². The van der Waals surface area contributed by atoms with Crippen LogP contribution in [0.1, 0.15) is 22.8 Å². The second kappa shape index (κ2) is 9.10. The normalized spacial score (nSPS) is 10.8. The fourth-order valence-corrected chi connectivity index (χ4v) is 3.74. The summed E-state index contributed by atoms with van der Waals surface area (Å²) in [5.41, 5.74) is 4.07. The molecule has 0 spiro atoms. The Bertz CT molecular complexity index is 1340. The Morgan fingerprint density at radius 3 is 2.38 bits per heavy atom. The molecule has 32 heavy (non-hydrogen) atoms. The number of fused-ring (bicyclic) bond motifs is 1. The summed E-state index contributed by atoms with van der Waals surface area (Å²) in [4.78, 5) is 24.9. The molecule has 0 bridgehead atoms. The number of ether oxygens (including phenoxy) is 2. The Kier molecular flexibility index (Phi) is 6.08. The fraction of sp³-hybridized carbons (Fsp3) is 0.185. The van der Waals surface area contributed by atoms with Crippen LogP contribution >= 0.6 is 0 Å². The van der Waals surface area contributed by atoms with Crippen molar-refractivity contribution in [3.8, 4) is 22.8 Å². The first kappa shape index (κ1) is 21.4. The molecular formula is C27H25NO4. The molecule has 3 aromatic carbocycles. The van der Waals surface area contributed by atoms with E-state index in [1.807, 2.05) is 67.1 Å². The number of nitrogens with zero attached hydrogens (tertiary/aromatic N) is 1. The number of hydrogen-bond donors (Lipinski definition) is 0. The highest BCUT2D eigenvalue weighted by Gasteiger charge is 2.18. The summed E-state index contributed by atoms with van der Waals surface area (Å²) in [5.74, 6) is 0.872. The van der Waals surface area contributed by atoms with Crippen molar-refractivity contribution in [1.29, 1.82) is 0 Å². The largest absolute Gasteiger partial charge is 0.490 e. The second-order valence-electron chi connectivity index (χ2n) is 7.73. The number of carbonyl (C=O) groups is 1. The van der Waals surface area contributed by atoms with Crippen LogP contribution in [0.25, 0.3) is 22.2 Å². The van der Waals surface area contributed by atoms with Crippen LogP contribution < -0.4 is 14.9 Å². The molecule has 0 aliphatic rings. The molecule has 5 heteroatoms. The third kappa shape index (κ3) is 4.28. The summed E-state index contributed by atoms with van der Waals surface area (Å²) in [6.45, 7) is 3.98. The summed E-state index contributed by atoms with van der Waals surface area (Å²) < 4.78 is 13.8. The van der Waals surface area contributed by atoms with Crippen molar-refractivity contribution in [2.24, 2.45) is 7.05 Å². The van der Waals surface area contributed by atoms with Gasteiger partial charge >= 0.3 is 0 Å². The van der Waals surface area contributed by atoms with E-state index in [1.165, 1.54) is 6.92 Å². The summed E-state index contributed by atoms with van der Waals surface area (Å²) in [6.07, 6.45) is 0. The number of benzene rings is 3. The SMILES string of the molecule is CC(=O)c1cccc(OCCOc2c(-c3ccc(C)cc3)n(C)c3ccccc3c2=O)c1. The molecule has 0 amide bonds. The zero-order valence-electron chi connectivity index (χ0n) is 18.4. The molecule has 4 aromatic rings. The lowest BCUT2D eigenvalue weighted by Crippen LogP contribution is -2.18. The number of aryl methyl sites for hydroxylation is 2. The number of Topliss-reactive ketones (excluding diaryl/α,β-unsaturated/α-hetero) is 1. The molecule has 0 aliphatic heterocycles. The molecule has 4 rings (SSSR count). The van der Waals surface area contributed by atoms with Gasteiger partial charge in [-0.15, -0.1) is 0 Å². The maximum absolute atomic E-state index is 13.3. The lowest BCUT2D eigenvalue weighted by molar-refractivity contribution is 0.101. The summed E-state index contributed by atoms with van der Waals surface area (Å²) in [7, 11) is 1.94. The van der Waals surface area contributed by atoms with Crippen molar-refractivity contribution >= 4 is 16.7 Å². The summed E-state index contributed by atoms with van der Waals surface area (Å²) in [6, 6.07) is 22.6. The molecular weight excluding hydrogens is 402 g/mol. The summed E-state index contributed by atoms with van der Waals surface area (Å²) in [5, 5.41) is 0.607. The van der Waals surface area contributed by atoms with Gasteiger partial charge in [-0.1, -0.05) is 54.1 Å². The van der Waals surface area contributed by atoms with Crippen molar-refractivity contribution in [3.05, 3.63) is 94.1 Å². The lowest BCUT2D eigenvalue weighted by atomic mass is 10.1. The third-order valence-corrected chi connectivity index (χ3v) is 5.43. The van der Waals surface area contributed by atoms with E-state index in [-0.39, 0.29) is 24.4 Å². The van der Waals surface area contributed by atoms with Gasteiger partial charge in [-0.2, -0.15) is 0 Å². The predicted molar refractivity (Wildman–Crippen MR) is 127 cm³/mol. The van der Waals surface area contributed by atoms with E-state index in [1.54, 1.807) is 24.3 Å². The molecule has 1 heterocycles. The number of aromatic nitrogens is 1. The van der Waals surface area contributed by atoms with Crippen molar-refractivity contribution < 1.29 is 14.3 Å². The lowest BCUT2D eigenvalue weighted by Gasteiger charge is -2.18. The van der Waals surface area contributed by atoms with Crippen LogP contribution in [0, 0.1) is 6.92 Å².